The van der Waals surface area contributed by atoms with Crippen LogP contribution in [-0.4, -0.2) is 9.97 Å². The molecular weight excluding hydrogens is 152 g/mol. The normalized spacial score (nSPS) is 9.92. The van der Waals surface area contributed by atoms with E-state index in [2.05, 4.69) is 9.97 Å². The van der Waals surface area contributed by atoms with Gasteiger partial charge in [0.2, 0.25) is 0 Å². The van der Waals surface area contributed by atoms with Gasteiger partial charge in [0, 0.05) is 5.39 Å². The van der Waals surface area contributed by atoms with E-state index in [0.29, 0.717) is 11.4 Å². The second-order valence-corrected chi connectivity index (χ2v) is 2.48. The van der Waals surface area contributed by atoms with Crippen LogP contribution in [-0.2, 0) is 0 Å². The van der Waals surface area contributed by atoms with Gasteiger partial charge in [-0.3, -0.25) is 4.98 Å². The first-order valence-electron chi connectivity index (χ1n) is 3.43. The third kappa shape index (κ3) is 0.805. The van der Waals surface area contributed by atoms with Crippen LogP contribution in [0, 0.1) is 11.3 Å². The van der Waals surface area contributed by atoms with Crippen LogP contribution in [0.15, 0.2) is 18.5 Å². The van der Waals surface area contributed by atoms with Crippen LogP contribution in [0.3, 0.4) is 0 Å². The molecule has 0 spiro atoms. The molecule has 0 aromatic carbocycles. The van der Waals surface area contributed by atoms with Gasteiger partial charge in [-0.15, -0.1) is 0 Å². The second kappa shape index (κ2) is 2.24. The van der Waals surface area contributed by atoms with E-state index in [4.69, 9.17) is 11.0 Å². The first-order chi connectivity index (χ1) is 5.81. The number of nitrogens with two attached hydrogens (primary N) is 1. The van der Waals surface area contributed by atoms with E-state index in [-0.39, 0.29) is 0 Å². The van der Waals surface area contributed by atoms with E-state index in [9.17, 15) is 0 Å². The topological polar surface area (TPSA) is 78.5 Å². The Morgan fingerprint density at radius 3 is 3.00 bits per heavy atom. The van der Waals surface area contributed by atoms with Gasteiger partial charge in [0.1, 0.15) is 11.8 Å². The van der Waals surface area contributed by atoms with Crippen LogP contribution < -0.4 is 5.73 Å². The number of H-pyrrole nitrogens is 1. The lowest BCUT2D eigenvalue weighted by atomic mass is 10.3. The summed E-state index contributed by atoms with van der Waals surface area (Å²) < 4.78 is 0. The third-order valence-corrected chi connectivity index (χ3v) is 1.70. The molecule has 0 aliphatic rings. The SMILES string of the molecule is N#Cc1cc2c(N)cncc2[nH]1. The number of aromatic nitrogens is 2. The molecule has 0 saturated carbocycles. The summed E-state index contributed by atoms with van der Waals surface area (Å²) in [5.41, 5.74) is 7.52. The van der Waals surface area contributed by atoms with Crippen molar-refractivity contribution in [1.82, 2.24) is 9.97 Å². The average molecular weight is 158 g/mol. The van der Waals surface area contributed by atoms with Crippen molar-refractivity contribution in [3.05, 3.63) is 24.2 Å². The largest absolute Gasteiger partial charge is 0.397 e. The van der Waals surface area contributed by atoms with E-state index in [0.717, 1.165) is 10.9 Å². The average Bonchev–Trinajstić information content (AvgIpc) is 2.49. The number of nitrogens with zero attached hydrogens (tertiary/aromatic N) is 2. The summed E-state index contributed by atoms with van der Waals surface area (Å²) in [6.07, 6.45) is 3.21. The fourth-order valence-corrected chi connectivity index (χ4v) is 1.13. The predicted molar refractivity (Wildman–Crippen MR) is 45.2 cm³/mol. The molecule has 0 fully saturated rings. The summed E-state index contributed by atoms with van der Waals surface area (Å²) >= 11 is 0. The van der Waals surface area contributed by atoms with E-state index in [1.165, 1.54) is 0 Å². The van der Waals surface area contributed by atoms with Gasteiger partial charge < -0.3 is 10.7 Å². The fourth-order valence-electron chi connectivity index (χ4n) is 1.13. The quantitative estimate of drug-likeness (QED) is 0.600. The van der Waals surface area contributed by atoms with Crippen LogP contribution >= 0.6 is 0 Å². The molecule has 12 heavy (non-hydrogen) atoms. The molecule has 0 bridgehead atoms. The highest BCUT2D eigenvalue weighted by Gasteiger charge is 2.01. The second-order valence-electron chi connectivity index (χ2n) is 2.48. The summed E-state index contributed by atoms with van der Waals surface area (Å²) in [5.74, 6) is 0. The number of anilines is 1. The van der Waals surface area contributed by atoms with Crippen LogP contribution in [0.25, 0.3) is 10.9 Å². The molecular formula is C8H6N4. The molecule has 4 heteroatoms. The Morgan fingerprint density at radius 1 is 1.50 bits per heavy atom. The van der Waals surface area contributed by atoms with Crippen molar-refractivity contribution in [3.63, 3.8) is 0 Å². The highest BCUT2D eigenvalue weighted by atomic mass is 14.8. The Morgan fingerprint density at radius 2 is 2.33 bits per heavy atom. The van der Waals surface area contributed by atoms with Gasteiger partial charge in [-0.05, 0) is 6.07 Å². The number of rotatable bonds is 0. The summed E-state index contributed by atoms with van der Waals surface area (Å²) in [4.78, 5) is 6.78. The maximum Gasteiger partial charge on any atom is 0.118 e. The zero-order valence-electron chi connectivity index (χ0n) is 6.20. The minimum absolute atomic E-state index is 0.504. The lowest BCUT2D eigenvalue weighted by Crippen LogP contribution is -1.85. The summed E-state index contributed by atoms with van der Waals surface area (Å²) in [7, 11) is 0. The van der Waals surface area contributed by atoms with Crippen LogP contribution in [0.1, 0.15) is 5.69 Å². The maximum absolute atomic E-state index is 8.59. The fraction of sp³-hybridized carbons (Fsp3) is 0. The van der Waals surface area contributed by atoms with Gasteiger partial charge in [0.25, 0.3) is 0 Å². The van der Waals surface area contributed by atoms with Crippen molar-refractivity contribution in [1.29, 1.82) is 5.26 Å². The van der Waals surface area contributed by atoms with Gasteiger partial charge in [0.15, 0.2) is 0 Å². The highest BCUT2D eigenvalue weighted by Crippen LogP contribution is 2.19. The molecule has 4 nitrogen and oxygen atoms in total. The molecule has 58 valence electrons. The first kappa shape index (κ1) is 6.68. The van der Waals surface area contributed by atoms with Crippen LogP contribution in [0.2, 0.25) is 0 Å². The number of pyridine rings is 1. The lowest BCUT2D eigenvalue weighted by molar-refractivity contribution is 1.32. The Labute approximate surface area is 68.6 Å². The van der Waals surface area contributed by atoms with Crippen molar-refractivity contribution in [2.24, 2.45) is 0 Å². The van der Waals surface area contributed by atoms with Crippen molar-refractivity contribution in [2.75, 3.05) is 5.73 Å². The zero-order valence-corrected chi connectivity index (χ0v) is 6.20. The molecule has 0 amide bonds. The Hall–Kier alpha value is -2.02. The van der Waals surface area contributed by atoms with Crippen molar-refractivity contribution in [2.45, 2.75) is 0 Å². The third-order valence-electron chi connectivity index (χ3n) is 1.70. The van der Waals surface area contributed by atoms with E-state index in [1.807, 2.05) is 6.07 Å². The minimum Gasteiger partial charge on any atom is -0.397 e. The van der Waals surface area contributed by atoms with Gasteiger partial charge in [0.05, 0.1) is 23.6 Å². The molecule has 0 radical (unpaired) electrons. The van der Waals surface area contributed by atoms with Crippen molar-refractivity contribution in [3.8, 4) is 6.07 Å². The number of aromatic amines is 1. The van der Waals surface area contributed by atoms with Gasteiger partial charge in [-0.2, -0.15) is 5.26 Å². The number of hydrogen-bond donors (Lipinski definition) is 2. The smallest absolute Gasteiger partial charge is 0.118 e. The zero-order chi connectivity index (χ0) is 8.55. The summed E-state index contributed by atoms with van der Waals surface area (Å²) in [6, 6.07) is 3.72. The molecule has 2 heterocycles. The Bertz CT molecular complexity index is 463. The first-order valence-corrected chi connectivity index (χ1v) is 3.43. The van der Waals surface area contributed by atoms with Crippen LogP contribution in [0.4, 0.5) is 5.69 Å². The predicted octanol–water partition coefficient (Wildman–Crippen LogP) is 1.02. The van der Waals surface area contributed by atoms with Gasteiger partial charge in [-0.1, -0.05) is 0 Å². The molecule has 0 atom stereocenters. The molecule has 0 unspecified atom stereocenters. The minimum atomic E-state index is 0.504. The standard InChI is InChI=1S/C8H6N4/c9-2-5-1-6-7(10)3-11-4-8(6)12-5/h1,3-4,12H,10H2. The molecule has 2 rings (SSSR count). The van der Waals surface area contributed by atoms with Crippen LogP contribution in [0.5, 0.6) is 0 Å². The number of nitriles is 1. The molecule has 2 aromatic heterocycles. The maximum atomic E-state index is 8.59. The Balaban J connectivity index is 2.85. The molecule has 0 aliphatic heterocycles. The van der Waals surface area contributed by atoms with Gasteiger partial charge in [-0.25, -0.2) is 0 Å². The monoisotopic (exact) mass is 158 g/mol. The molecule has 0 aliphatic carbocycles. The van der Waals surface area contributed by atoms with E-state index < -0.39 is 0 Å². The number of fused-ring (bicyclic) bond motifs is 1. The number of nitrogen functional groups attached to an aromatic ring is 1. The van der Waals surface area contributed by atoms with E-state index in [1.54, 1.807) is 18.5 Å². The summed E-state index contributed by atoms with van der Waals surface area (Å²) in [5, 5.41) is 9.44. The number of nitrogens with one attached hydrogen (secondary N) is 1. The van der Waals surface area contributed by atoms with Gasteiger partial charge >= 0.3 is 0 Å². The Kier molecular flexibility index (Phi) is 1.25. The van der Waals surface area contributed by atoms with E-state index >= 15 is 0 Å². The summed E-state index contributed by atoms with van der Waals surface area (Å²) in [6.45, 7) is 0. The molecule has 2 aromatic rings. The van der Waals surface area contributed by atoms with Crippen molar-refractivity contribution >= 4 is 16.6 Å². The molecule has 0 saturated heterocycles. The lowest BCUT2D eigenvalue weighted by Gasteiger charge is -1.91. The van der Waals surface area contributed by atoms with Crippen molar-refractivity contribution < 1.29 is 0 Å². The molecule has 3 N–H and O–H groups in total. The highest BCUT2D eigenvalue weighted by molar-refractivity contribution is 5.90. The number of hydrogen-bond acceptors (Lipinski definition) is 3.